The molecule has 0 radical (unpaired) electrons. The highest BCUT2D eigenvalue weighted by molar-refractivity contribution is 5.15. The molecule has 0 spiro atoms. The second-order valence-corrected chi connectivity index (χ2v) is 3.94. The van der Waals surface area contributed by atoms with E-state index in [2.05, 4.69) is 43.3 Å². The van der Waals surface area contributed by atoms with Crippen LogP contribution in [0, 0.1) is 0 Å². The molecule has 1 heteroatoms. The first kappa shape index (κ1) is 10.0. The van der Waals surface area contributed by atoms with Gasteiger partial charge in [-0.2, -0.15) is 0 Å². The van der Waals surface area contributed by atoms with Crippen molar-refractivity contribution in [1.29, 1.82) is 0 Å². The van der Waals surface area contributed by atoms with Gasteiger partial charge in [-0.3, -0.25) is 0 Å². The summed E-state index contributed by atoms with van der Waals surface area (Å²) in [6.45, 7) is 2.21. The number of aryl methyl sites for hydroxylation is 1. The molecule has 78 valence electrons. The molecule has 1 unspecified atom stereocenters. The number of benzene rings is 1. The highest BCUT2D eigenvalue weighted by Gasteiger charge is 2.07. The maximum absolute atomic E-state index is 5.38. The largest absolute Gasteiger partial charge is 0.469 e. The molecule has 1 atom stereocenters. The Labute approximate surface area is 90.7 Å². The van der Waals surface area contributed by atoms with Crippen LogP contribution < -0.4 is 0 Å². The van der Waals surface area contributed by atoms with Crippen LogP contribution in [0.5, 0.6) is 0 Å². The minimum absolute atomic E-state index is 0.500. The van der Waals surface area contributed by atoms with E-state index in [-0.39, 0.29) is 0 Å². The summed E-state index contributed by atoms with van der Waals surface area (Å²) in [4.78, 5) is 0. The van der Waals surface area contributed by atoms with Crippen molar-refractivity contribution in [1.82, 2.24) is 0 Å². The number of hydrogen-bond donors (Lipinski definition) is 0. The van der Waals surface area contributed by atoms with Crippen LogP contribution in [0.4, 0.5) is 0 Å². The predicted molar refractivity (Wildman–Crippen MR) is 61.9 cm³/mol. The lowest BCUT2D eigenvalue weighted by atomic mass is 9.99. The van der Waals surface area contributed by atoms with E-state index in [9.17, 15) is 0 Å². The third-order valence-electron chi connectivity index (χ3n) is 2.74. The molecule has 1 heterocycles. The monoisotopic (exact) mass is 200 g/mol. The smallest absolute Gasteiger partial charge is 0.106 e. The number of rotatable bonds is 4. The molecule has 0 aliphatic rings. The van der Waals surface area contributed by atoms with Crippen molar-refractivity contribution in [2.75, 3.05) is 0 Å². The van der Waals surface area contributed by atoms with Gasteiger partial charge in [-0.05, 0) is 30.5 Å². The molecule has 1 aromatic heterocycles. The van der Waals surface area contributed by atoms with Crippen LogP contribution in [0.25, 0.3) is 0 Å². The lowest BCUT2D eigenvalue weighted by molar-refractivity contribution is 0.462. The van der Waals surface area contributed by atoms with E-state index < -0.39 is 0 Å². The molecule has 0 aliphatic carbocycles. The van der Waals surface area contributed by atoms with Crippen LogP contribution in [0.1, 0.15) is 30.6 Å². The predicted octanol–water partition coefficient (Wildman–Crippen LogP) is 4.02. The molecule has 0 amide bonds. The Morgan fingerprint density at radius 3 is 2.53 bits per heavy atom. The maximum Gasteiger partial charge on any atom is 0.106 e. The van der Waals surface area contributed by atoms with Gasteiger partial charge in [0.05, 0.1) is 6.26 Å². The first-order chi connectivity index (χ1) is 7.36. The summed E-state index contributed by atoms with van der Waals surface area (Å²) in [6, 6.07) is 14.6. The Morgan fingerprint density at radius 2 is 1.87 bits per heavy atom. The topological polar surface area (TPSA) is 13.1 Å². The van der Waals surface area contributed by atoms with E-state index in [4.69, 9.17) is 4.42 Å². The van der Waals surface area contributed by atoms with Crippen molar-refractivity contribution in [3.05, 3.63) is 60.1 Å². The van der Waals surface area contributed by atoms with Crippen LogP contribution in [0.15, 0.2) is 53.1 Å². The molecular weight excluding hydrogens is 184 g/mol. The summed E-state index contributed by atoms with van der Waals surface area (Å²) in [6.07, 6.45) is 3.99. The summed E-state index contributed by atoms with van der Waals surface area (Å²) in [7, 11) is 0. The zero-order valence-corrected chi connectivity index (χ0v) is 9.02. The number of hydrogen-bond acceptors (Lipinski definition) is 1. The van der Waals surface area contributed by atoms with Gasteiger partial charge in [0.15, 0.2) is 0 Å². The normalized spacial score (nSPS) is 12.6. The van der Waals surface area contributed by atoms with Crippen molar-refractivity contribution in [2.45, 2.75) is 25.7 Å². The molecule has 0 saturated carbocycles. The van der Waals surface area contributed by atoms with E-state index in [1.807, 2.05) is 6.07 Å². The van der Waals surface area contributed by atoms with Gasteiger partial charge >= 0.3 is 0 Å². The lowest BCUT2D eigenvalue weighted by Crippen LogP contribution is -1.94. The fraction of sp³-hybridized carbons (Fsp3) is 0.286. The zero-order valence-electron chi connectivity index (χ0n) is 9.02. The van der Waals surface area contributed by atoms with Gasteiger partial charge in [0, 0.05) is 5.92 Å². The quantitative estimate of drug-likeness (QED) is 0.726. The second kappa shape index (κ2) is 4.83. The highest BCUT2D eigenvalue weighted by Crippen LogP contribution is 2.21. The molecule has 2 aromatic rings. The Hall–Kier alpha value is -1.50. The van der Waals surface area contributed by atoms with Crippen LogP contribution in [-0.2, 0) is 6.42 Å². The van der Waals surface area contributed by atoms with E-state index in [0.717, 1.165) is 18.6 Å². The minimum Gasteiger partial charge on any atom is -0.469 e. The van der Waals surface area contributed by atoms with Crippen molar-refractivity contribution in [2.24, 2.45) is 0 Å². The van der Waals surface area contributed by atoms with Gasteiger partial charge in [0.1, 0.15) is 5.76 Å². The minimum atomic E-state index is 0.500. The fourth-order valence-corrected chi connectivity index (χ4v) is 1.74. The zero-order chi connectivity index (χ0) is 10.5. The summed E-state index contributed by atoms with van der Waals surface area (Å²) in [5.41, 5.74) is 1.40. The molecular formula is C14H16O. The van der Waals surface area contributed by atoms with Crippen molar-refractivity contribution in [3.63, 3.8) is 0 Å². The van der Waals surface area contributed by atoms with Gasteiger partial charge in [-0.25, -0.2) is 0 Å². The van der Waals surface area contributed by atoms with E-state index in [0.29, 0.717) is 5.92 Å². The van der Waals surface area contributed by atoms with Crippen molar-refractivity contribution >= 4 is 0 Å². The lowest BCUT2D eigenvalue weighted by Gasteiger charge is -2.07. The number of furan rings is 1. The van der Waals surface area contributed by atoms with Crippen LogP contribution in [0.3, 0.4) is 0 Å². The molecule has 0 aliphatic heterocycles. The van der Waals surface area contributed by atoms with Crippen molar-refractivity contribution < 1.29 is 4.42 Å². The summed E-state index contributed by atoms with van der Waals surface area (Å²) >= 11 is 0. The maximum atomic E-state index is 5.38. The standard InChI is InChI=1S/C14H16O/c1-12(14-8-5-11-15-14)9-10-13-6-3-2-4-7-13/h2-8,11-12H,9-10H2,1H3. The average molecular weight is 200 g/mol. The molecule has 0 N–H and O–H groups in total. The first-order valence-corrected chi connectivity index (χ1v) is 5.43. The van der Waals surface area contributed by atoms with Crippen LogP contribution in [0.2, 0.25) is 0 Å². The van der Waals surface area contributed by atoms with Gasteiger partial charge in [-0.1, -0.05) is 37.3 Å². The first-order valence-electron chi connectivity index (χ1n) is 5.43. The SMILES string of the molecule is CC(CCc1ccccc1)c1ccco1. The van der Waals surface area contributed by atoms with Gasteiger partial charge in [0.2, 0.25) is 0 Å². The Balaban J connectivity index is 1.89. The third kappa shape index (κ3) is 2.72. The van der Waals surface area contributed by atoms with Crippen LogP contribution in [-0.4, -0.2) is 0 Å². The highest BCUT2D eigenvalue weighted by atomic mass is 16.3. The van der Waals surface area contributed by atoms with Crippen molar-refractivity contribution in [3.8, 4) is 0 Å². The summed E-state index contributed by atoms with van der Waals surface area (Å²) in [5.74, 6) is 1.59. The Morgan fingerprint density at radius 1 is 1.07 bits per heavy atom. The molecule has 0 saturated heterocycles. The third-order valence-corrected chi connectivity index (χ3v) is 2.74. The molecule has 1 nitrogen and oxygen atoms in total. The van der Waals surface area contributed by atoms with Gasteiger partial charge in [-0.15, -0.1) is 0 Å². The molecule has 15 heavy (non-hydrogen) atoms. The van der Waals surface area contributed by atoms with E-state index in [1.165, 1.54) is 5.56 Å². The molecule has 1 aromatic carbocycles. The molecule has 0 fully saturated rings. The Kier molecular flexibility index (Phi) is 3.23. The fourth-order valence-electron chi connectivity index (χ4n) is 1.74. The van der Waals surface area contributed by atoms with E-state index in [1.54, 1.807) is 6.26 Å². The van der Waals surface area contributed by atoms with Crippen LogP contribution >= 0.6 is 0 Å². The van der Waals surface area contributed by atoms with E-state index >= 15 is 0 Å². The molecule has 2 rings (SSSR count). The second-order valence-electron chi connectivity index (χ2n) is 3.94. The van der Waals surface area contributed by atoms with Gasteiger partial charge < -0.3 is 4.42 Å². The Bertz CT molecular complexity index is 375. The average Bonchev–Trinajstić information content (AvgIpc) is 2.81. The molecule has 0 bridgehead atoms. The summed E-state index contributed by atoms with van der Waals surface area (Å²) < 4.78 is 5.38. The van der Waals surface area contributed by atoms with Gasteiger partial charge in [0.25, 0.3) is 0 Å². The summed E-state index contributed by atoms with van der Waals surface area (Å²) in [5, 5.41) is 0.